The van der Waals surface area contributed by atoms with E-state index in [9.17, 15) is 5.11 Å². The zero-order chi connectivity index (χ0) is 11.6. The molecule has 2 aliphatic rings. The van der Waals surface area contributed by atoms with Crippen LogP contribution in [0.4, 0.5) is 0 Å². The standard InChI is InChI=1S/C14H26OS/c1-13(2)9-14(15,11-16-10-13)8-12-6-4-3-5-7-12/h12,15H,3-11H2,1-2H3. The maximum absolute atomic E-state index is 10.7. The molecule has 0 aromatic carbocycles. The summed E-state index contributed by atoms with van der Waals surface area (Å²) in [5, 5.41) is 10.7. The van der Waals surface area contributed by atoms with E-state index < -0.39 is 0 Å². The first kappa shape index (κ1) is 12.8. The lowest BCUT2D eigenvalue weighted by atomic mass is 9.75. The first-order valence-electron chi connectivity index (χ1n) is 6.79. The molecule has 0 spiro atoms. The Labute approximate surface area is 104 Å². The molecule has 1 atom stereocenters. The third-order valence-electron chi connectivity index (χ3n) is 4.06. The van der Waals surface area contributed by atoms with E-state index in [0.717, 1.165) is 24.5 Å². The molecular weight excluding hydrogens is 216 g/mol. The Hall–Kier alpha value is 0.310. The summed E-state index contributed by atoms with van der Waals surface area (Å²) in [5.74, 6) is 2.97. The minimum atomic E-state index is -0.367. The molecule has 0 aromatic rings. The molecule has 1 heterocycles. The normalized spacial score (nSPS) is 36.2. The van der Waals surface area contributed by atoms with Gasteiger partial charge in [-0.1, -0.05) is 46.0 Å². The van der Waals surface area contributed by atoms with Crippen molar-refractivity contribution in [3.63, 3.8) is 0 Å². The zero-order valence-electron chi connectivity index (χ0n) is 10.8. The van der Waals surface area contributed by atoms with Crippen LogP contribution in [0.15, 0.2) is 0 Å². The van der Waals surface area contributed by atoms with Gasteiger partial charge in [-0.15, -0.1) is 0 Å². The van der Waals surface area contributed by atoms with Crippen molar-refractivity contribution in [3.8, 4) is 0 Å². The molecule has 1 unspecified atom stereocenters. The van der Waals surface area contributed by atoms with Crippen molar-refractivity contribution in [2.45, 2.75) is 64.4 Å². The molecule has 1 aliphatic heterocycles. The van der Waals surface area contributed by atoms with Crippen molar-refractivity contribution in [1.29, 1.82) is 0 Å². The van der Waals surface area contributed by atoms with Crippen molar-refractivity contribution in [3.05, 3.63) is 0 Å². The molecule has 1 nitrogen and oxygen atoms in total. The van der Waals surface area contributed by atoms with E-state index in [2.05, 4.69) is 13.8 Å². The molecule has 16 heavy (non-hydrogen) atoms. The Balaban J connectivity index is 1.90. The van der Waals surface area contributed by atoms with Crippen molar-refractivity contribution >= 4 is 11.8 Å². The largest absolute Gasteiger partial charge is 0.389 e. The number of rotatable bonds is 2. The third kappa shape index (κ3) is 3.40. The van der Waals surface area contributed by atoms with Gasteiger partial charge in [-0.2, -0.15) is 11.8 Å². The summed E-state index contributed by atoms with van der Waals surface area (Å²) in [6.45, 7) is 4.59. The maximum atomic E-state index is 10.7. The van der Waals surface area contributed by atoms with E-state index in [1.807, 2.05) is 11.8 Å². The van der Waals surface area contributed by atoms with Gasteiger partial charge in [-0.3, -0.25) is 0 Å². The Morgan fingerprint density at radius 1 is 1.12 bits per heavy atom. The lowest BCUT2D eigenvalue weighted by Gasteiger charge is -2.43. The maximum Gasteiger partial charge on any atom is 0.0745 e. The molecule has 1 N–H and O–H groups in total. The van der Waals surface area contributed by atoms with Crippen LogP contribution < -0.4 is 0 Å². The lowest BCUT2D eigenvalue weighted by Crippen LogP contribution is -2.44. The Morgan fingerprint density at radius 3 is 2.44 bits per heavy atom. The van der Waals surface area contributed by atoms with Crippen LogP contribution in [0.2, 0.25) is 0 Å². The van der Waals surface area contributed by atoms with E-state index in [0.29, 0.717) is 5.41 Å². The van der Waals surface area contributed by atoms with Crippen LogP contribution in [0, 0.1) is 11.3 Å². The van der Waals surface area contributed by atoms with Gasteiger partial charge in [-0.05, 0) is 29.9 Å². The summed E-state index contributed by atoms with van der Waals surface area (Å²) < 4.78 is 0. The van der Waals surface area contributed by atoms with Crippen LogP contribution in [0.25, 0.3) is 0 Å². The third-order valence-corrected chi connectivity index (χ3v) is 5.79. The second-order valence-electron chi connectivity index (χ2n) is 6.77. The molecule has 2 rings (SSSR count). The highest BCUT2D eigenvalue weighted by Gasteiger charge is 2.40. The molecule has 0 amide bonds. The fourth-order valence-electron chi connectivity index (χ4n) is 3.57. The number of hydrogen-bond acceptors (Lipinski definition) is 2. The van der Waals surface area contributed by atoms with Crippen molar-refractivity contribution in [2.24, 2.45) is 11.3 Å². The summed E-state index contributed by atoms with van der Waals surface area (Å²) in [5.41, 5.74) is -0.0409. The van der Waals surface area contributed by atoms with Gasteiger partial charge < -0.3 is 5.11 Å². The van der Waals surface area contributed by atoms with Gasteiger partial charge >= 0.3 is 0 Å². The molecule has 1 aliphatic carbocycles. The van der Waals surface area contributed by atoms with E-state index in [4.69, 9.17) is 0 Å². The number of hydrogen-bond donors (Lipinski definition) is 1. The highest BCUT2D eigenvalue weighted by Crippen LogP contribution is 2.43. The predicted molar refractivity (Wildman–Crippen MR) is 71.9 cm³/mol. The van der Waals surface area contributed by atoms with Crippen LogP contribution in [0.5, 0.6) is 0 Å². The molecular formula is C14H26OS. The van der Waals surface area contributed by atoms with Crippen LogP contribution >= 0.6 is 11.8 Å². The van der Waals surface area contributed by atoms with Gasteiger partial charge in [-0.25, -0.2) is 0 Å². The minimum Gasteiger partial charge on any atom is -0.389 e. The quantitative estimate of drug-likeness (QED) is 0.793. The average molecular weight is 242 g/mol. The Morgan fingerprint density at radius 2 is 1.81 bits per heavy atom. The van der Waals surface area contributed by atoms with Gasteiger partial charge in [0.05, 0.1) is 5.60 Å². The van der Waals surface area contributed by atoms with Crippen molar-refractivity contribution < 1.29 is 5.11 Å². The van der Waals surface area contributed by atoms with Crippen molar-refractivity contribution in [1.82, 2.24) is 0 Å². The van der Waals surface area contributed by atoms with Crippen LogP contribution in [-0.2, 0) is 0 Å². The van der Waals surface area contributed by atoms with E-state index in [1.165, 1.54) is 37.9 Å². The first-order chi connectivity index (χ1) is 7.49. The van der Waals surface area contributed by atoms with E-state index in [-0.39, 0.29) is 5.60 Å². The van der Waals surface area contributed by atoms with Crippen molar-refractivity contribution in [2.75, 3.05) is 11.5 Å². The summed E-state index contributed by atoms with van der Waals surface area (Å²) in [7, 11) is 0. The second-order valence-corrected chi connectivity index (χ2v) is 7.75. The van der Waals surface area contributed by atoms with Crippen LogP contribution in [-0.4, -0.2) is 22.2 Å². The number of thioether (sulfide) groups is 1. The van der Waals surface area contributed by atoms with E-state index in [1.54, 1.807) is 0 Å². The monoisotopic (exact) mass is 242 g/mol. The van der Waals surface area contributed by atoms with Gasteiger partial charge in [0.25, 0.3) is 0 Å². The molecule has 0 aromatic heterocycles. The van der Waals surface area contributed by atoms with Gasteiger partial charge in [0.15, 0.2) is 0 Å². The molecule has 94 valence electrons. The fraction of sp³-hybridized carbons (Fsp3) is 1.00. The summed E-state index contributed by atoms with van der Waals surface area (Å²) in [6, 6.07) is 0. The SMILES string of the molecule is CC1(C)CSCC(O)(CC2CCCCC2)C1. The van der Waals surface area contributed by atoms with Crippen LogP contribution in [0.1, 0.15) is 58.8 Å². The highest BCUT2D eigenvalue weighted by atomic mass is 32.2. The van der Waals surface area contributed by atoms with Gasteiger partial charge in [0, 0.05) is 5.75 Å². The molecule has 1 saturated heterocycles. The number of aliphatic hydroxyl groups is 1. The highest BCUT2D eigenvalue weighted by molar-refractivity contribution is 7.99. The predicted octanol–water partition coefficient (Wildman–Crippen LogP) is 3.85. The minimum absolute atomic E-state index is 0.326. The molecule has 0 radical (unpaired) electrons. The fourth-order valence-corrected chi connectivity index (χ4v) is 4.93. The average Bonchev–Trinajstić information content (AvgIpc) is 2.16. The lowest BCUT2D eigenvalue weighted by molar-refractivity contribution is -0.00638. The molecule has 1 saturated carbocycles. The van der Waals surface area contributed by atoms with E-state index >= 15 is 0 Å². The Kier molecular flexibility index (Phi) is 3.90. The summed E-state index contributed by atoms with van der Waals surface area (Å²) in [6.07, 6.45) is 8.96. The van der Waals surface area contributed by atoms with Gasteiger partial charge in [0.2, 0.25) is 0 Å². The summed E-state index contributed by atoms with van der Waals surface area (Å²) >= 11 is 1.95. The second kappa shape index (κ2) is 4.89. The molecule has 0 bridgehead atoms. The smallest absolute Gasteiger partial charge is 0.0745 e. The van der Waals surface area contributed by atoms with Gasteiger partial charge in [0.1, 0.15) is 0 Å². The molecule has 2 fully saturated rings. The molecule has 2 heteroatoms. The van der Waals surface area contributed by atoms with Crippen LogP contribution in [0.3, 0.4) is 0 Å². The summed E-state index contributed by atoms with van der Waals surface area (Å²) in [4.78, 5) is 0. The zero-order valence-corrected chi connectivity index (χ0v) is 11.6. The Bertz CT molecular complexity index is 233. The first-order valence-corrected chi connectivity index (χ1v) is 7.95. The topological polar surface area (TPSA) is 20.2 Å².